The van der Waals surface area contributed by atoms with Crippen LogP contribution in [0.4, 0.5) is 4.39 Å². The van der Waals surface area contributed by atoms with Gasteiger partial charge in [-0.2, -0.15) is 5.26 Å². The Labute approximate surface area is 89.7 Å². The van der Waals surface area contributed by atoms with E-state index in [-0.39, 0.29) is 17.9 Å². The van der Waals surface area contributed by atoms with Gasteiger partial charge in [-0.3, -0.25) is 5.32 Å². The second-order valence-electron chi connectivity index (χ2n) is 3.75. The molecule has 0 saturated heterocycles. The maximum absolute atomic E-state index is 13.3. The van der Waals surface area contributed by atoms with E-state index in [4.69, 9.17) is 5.26 Å². The minimum atomic E-state index is -0.232. The number of benzene rings is 1. The summed E-state index contributed by atoms with van der Waals surface area (Å²) in [6, 6.07) is 6.97. The van der Waals surface area contributed by atoms with Crippen LogP contribution in [0.1, 0.15) is 31.0 Å². The molecule has 0 amide bonds. The first-order valence-electron chi connectivity index (χ1n) is 4.96. The molecule has 0 spiro atoms. The fourth-order valence-electron chi connectivity index (χ4n) is 1.39. The molecule has 0 aliphatic carbocycles. The summed E-state index contributed by atoms with van der Waals surface area (Å²) in [5, 5.41) is 11.7. The Morgan fingerprint density at radius 3 is 2.60 bits per heavy atom. The van der Waals surface area contributed by atoms with Crippen molar-refractivity contribution in [2.24, 2.45) is 0 Å². The molecular formula is C12H15FN2. The van der Waals surface area contributed by atoms with Gasteiger partial charge in [0.15, 0.2) is 0 Å². The minimum Gasteiger partial charge on any atom is -0.296 e. The van der Waals surface area contributed by atoms with Crippen LogP contribution in [0.5, 0.6) is 0 Å². The summed E-state index contributed by atoms with van der Waals surface area (Å²) in [4.78, 5) is 0. The lowest BCUT2D eigenvalue weighted by molar-refractivity contribution is 0.536. The molecule has 0 bridgehead atoms. The van der Waals surface area contributed by atoms with Crippen LogP contribution < -0.4 is 5.32 Å². The topological polar surface area (TPSA) is 35.8 Å². The predicted molar refractivity (Wildman–Crippen MR) is 57.8 cm³/mol. The van der Waals surface area contributed by atoms with Crippen LogP contribution in [0.2, 0.25) is 0 Å². The van der Waals surface area contributed by atoms with E-state index >= 15 is 0 Å². The number of hydrogen-bond donors (Lipinski definition) is 1. The Balaban J connectivity index is 2.79. The smallest absolute Gasteiger partial charge is 0.126 e. The number of nitrogens with zero attached hydrogens (tertiary/aromatic N) is 1. The summed E-state index contributed by atoms with van der Waals surface area (Å²) in [5.41, 5.74) is 1.50. The second-order valence-corrected chi connectivity index (χ2v) is 3.75. The van der Waals surface area contributed by atoms with Gasteiger partial charge >= 0.3 is 0 Å². The molecule has 1 aromatic rings. The first-order valence-corrected chi connectivity index (χ1v) is 4.96. The monoisotopic (exact) mass is 206 g/mol. The van der Waals surface area contributed by atoms with Crippen LogP contribution in [0.15, 0.2) is 18.2 Å². The molecule has 1 aromatic carbocycles. The van der Waals surface area contributed by atoms with Crippen LogP contribution >= 0.6 is 0 Å². The summed E-state index contributed by atoms with van der Waals surface area (Å²) in [7, 11) is 0. The third-order valence-corrected chi connectivity index (χ3v) is 2.39. The molecule has 1 N–H and O–H groups in total. The van der Waals surface area contributed by atoms with Gasteiger partial charge in [0.2, 0.25) is 0 Å². The van der Waals surface area contributed by atoms with Gasteiger partial charge < -0.3 is 0 Å². The van der Waals surface area contributed by atoms with Crippen LogP contribution in [-0.2, 0) is 0 Å². The molecule has 1 rings (SSSR count). The Morgan fingerprint density at radius 2 is 2.07 bits per heavy atom. The molecule has 80 valence electrons. The molecule has 0 radical (unpaired) electrons. The van der Waals surface area contributed by atoms with Crippen molar-refractivity contribution in [1.82, 2.24) is 5.32 Å². The molecule has 0 aliphatic rings. The first kappa shape index (κ1) is 11.7. The first-order chi connectivity index (χ1) is 7.04. The van der Waals surface area contributed by atoms with Crippen molar-refractivity contribution in [2.45, 2.75) is 32.9 Å². The third kappa shape index (κ3) is 3.03. The fourth-order valence-corrected chi connectivity index (χ4v) is 1.39. The van der Waals surface area contributed by atoms with Gasteiger partial charge in [0, 0.05) is 6.04 Å². The van der Waals surface area contributed by atoms with E-state index in [1.807, 2.05) is 13.0 Å². The van der Waals surface area contributed by atoms with Crippen molar-refractivity contribution in [3.05, 3.63) is 35.1 Å². The predicted octanol–water partition coefficient (Wildman–Crippen LogP) is 2.70. The summed E-state index contributed by atoms with van der Waals surface area (Å²) >= 11 is 0. The third-order valence-electron chi connectivity index (χ3n) is 2.39. The van der Waals surface area contributed by atoms with Gasteiger partial charge in [-0.1, -0.05) is 12.1 Å². The van der Waals surface area contributed by atoms with E-state index in [0.717, 1.165) is 5.56 Å². The van der Waals surface area contributed by atoms with Crippen molar-refractivity contribution in [1.29, 1.82) is 5.26 Å². The molecule has 3 heteroatoms. The molecule has 0 aromatic heterocycles. The largest absolute Gasteiger partial charge is 0.296 e. The minimum absolute atomic E-state index is 0.0188. The molecule has 0 aliphatic heterocycles. The van der Waals surface area contributed by atoms with E-state index in [1.54, 1.807) is 19.9 Å². The van der Waals surface area contributed by atoms with E-state index in [9.17, 15) is 4.39 Å². The van der Waals surface area contributed by atoms with Crippen molar-refractivity contribution >= 4 is 0 Å². The highest BCUT2D eigenvalue weighted by Gasteiger charge is 2.09. The average Bonchev–Trinajstić information content (AvgIpc) is 2.21. The van der Waals surface area contributed by atoms with Crippen LogP contribution in [0.25, 0.3) is 0 Å². The zero-order valence-electron chi connectivity index (χ0n) is 9.21. The lowest BCUT2D eigenvalue weighted by atomic mass is 10.1. The molecule has 0 saturated carbocycles. The van der Waals surface area contributed by atoms with E-state index in [2.05, 4.69) is 11.4 Å². The molecule has 2 atom stereocenters. The van der Waals surface area contributed by atoms with Gasteiger partial charge in [0.05, 0.1) is 12.1 Å². The summed E-state index contributed by atoms with van der Waals surface area (Å²) in [6.07, 6.45) is 0. The number of nitriles is 1. The normalized spacial score (nSPS) is 14.3. The van der Waals surface area contributed by atoms with Crippen LogP contribution in [-0.4, -0.2) is 6.04 Å². The van der Waals surface area contributed by atoms with Gasteiger partial charge in [-0.05, 0) is 38.0 Å². The Bertz CT molecular complexity index is 382. The highest BCUT2D eigenvalue weighted by Crippen LogP contribution is 2.16. The van der Waals surface area contributed by atoms with Gasteiger partial charge in [0.25, 0.3) is 0 Å². The second kappa shape index (κ2) is 4.90. The molecule has 15 heavy (non-hydrogen) atoms. The molecule has 0 fully saturated rings. The molecule has 2 unspecified atom stereocenters. The number of halogens is 1. The van der Waals surface area contributed by atoms with Crippen molar-refractivity contribution < 1.29 is 4.39 Å². The summed E-state index contributed by atoms with van der Waals surface area (Å²) in [6.45, 7) is 5.42. The highest BCUT2D eigenvalue weighted by molar-refractivity contribution is 5.25. The van der Waals surface area contributed by atoms with Gasteiger partial charge in [-0.25, -0.2) is 4.39 Å². The lowest BCUT2D eigenvalue weighted by Gasteiger charge is -2.16. The fraction of sp³-hybridized carbons (Fsp3) is 0.417. The molecule has 2 nitrogen and oxygen atoms in total. The quantitative estimate of drug-likeness (QED) is 0.825. The standard InChI is InChI=1S/C12H15FN2/c1-8-4-5-11(6-12(8)13)10(3)15-9(2)7-14/h4-6,9-10,15H,1-3H3. The van der Waals surface area contributed by atoms with Crippen LogP contribution in [0, 0.1) is 24.1 Å². The van der Waals surface area contributed by atoms with Crippen molar-refractivity contribution in [3.63, 3.8) is 0 Å². The Hall–Kier alpha value is -1.40. The van der Waals surface area contributed by atoms with Gasteiger partial charge in [0.1, 0.15) is 5.82 Å². The summed E-state index contributed by atoms with van der Waals surface area (Å²) < 4.78 is 13.3. The maximum atomic E-state index is 13.3. The number of hydrogen-bond acceptors (Lipinski definition) is 2. The van der Waals surface area contributed by atoms with Crippen molar-refractivity contribution in [3.8, 4) is 6.07 Å². The average molecular weight is 206 g/mol. The molecule has 0 heterocycles. The van der Waals surface area contributed by atoms with Crippen molar-refractivity contribution in [2.75, 3.05) is 0 Å². The zero-order chi connectivity index (χ0) is 11.4. The van der Waals surface area contributed by atoms with E-state index in [1.165, 1.54) is 6.07 Å². The Morgan fingerprint density at radius 1 is 1.40 bits per heavy atom. The van der Waals surface area contributed by atoms with E-state index in [0.29, 0.717) is 5.56 Å². The SMILES string of the molecule is Cc1ccc(C(C)NC(C)C#N)cc1F. The zero-order valence-corrected chi connectivity index (χ0v) is 9.21. The lowest BCUT2D eigenvalue weighted by Crippen LogP contribution is -2.27. The number of nitrogens with one attached hydrogen (secondary N) is 1. The number of aryl methyl sites for hydroxylation is 1. The highest BCUT2D eigenvalue weighted by atomic mass is 19.1. The van der Waals surface area contributed by atoms with E-state index < -0.39 is 0 Å². The number of rotatable bonds is 3. The Kier molecular flexibility index (Phi) is 3.81. The molecular weight excluding hydrogens is 191 g/mol. The maximum Gasteiger partial charge on any atom is 0.126 e. The van der Waals surface area contributed by atoms with Crippen LogP contribution in [0.3, 0.4) is 0 Å². The van der Waals surface area contributed by atoms with Gasteiger partial charge in [-0.15, -0.1) is 0 Å². The summed E-state index contributed by atoms with van der Waals surface area (Å²) in [5.74, 6) is -0.203.